The molecule has 0 saturated heterocycles. The summed E-state index contributed by atoms with van der Waals surface area (Å²) in [6.45, 7) is 0. The molecule has 21 heavy (non-hydrogen) atoms. The largest absolute Gasteiger partial charge is 0.378 e. The summed E-state index contributed by atoms with van der Waals surface area (Å²) in [5.74, 6) is 1.12. The van der Waals surface area contributed by atoms with Crippen LogP contribution in [0.4, 0.5) is 5.69 Å². The van der Waals surface area contributed by atoms with Crippen LogP contribution >= 0.6 is 27.5 Å². The maximum Gasteiger partial charge on any atom is 0.164 e. The summed E-state index contributed by atoms with van der Waals surface area (Å²) < 4.78 is 2.90. The molecule has 0 radical (unpaired) electrons. The fraction of sp³-hybridized carbons (Fsp3) is 0.200. The maximum atomic E-state index is 6.04. The highest BCUT2D eigenvalue weighted by atomic mass is 79.9. The molecule has 0 amide bonds. The Morgan fingerprint density at radius 1 is 1.24 bits per heavy atom. The van der Waals surface area contributed by atoms with Gasteiger partial charge in [-0.15, -0.1) is 11.6 Å². The Morgan fingerprint density at radius 3 is 2.57 bits per heavy atom. The summed E-state index contributed by atoms with van der Waals surface area (Å²) in [6, 6.07) is 10.2. The van der Waals surface area contributed by atoms with Gasteiger partial charge in [0.2, 0.25) is 0 Å². The van der Waals surface area contributed by atoms with Crippen molar-refractivity contribution in [3.05, 3.63) is 46.8 Å². The summed E-state index contributed by atoms with van der Waals surface area (Å²) in [7, 11) is 4.04. The normalized spacial score (nSPS) is 11.0. The minimum Gasteiger partial charge on any atom is -0.378 e. The average molecular weight is 366 g/mol. The van der Waals surface area contributed by atoms with Gasteiger partial charge in [0.25, 0.3) is 0 Å². The van der Waals surface area contributed by atoms with E-state index < -0.39 is 0 Å². The van der Waals surface area contributed by atoms with Gasteiger partial charge in [-0.05, 0) is 46.3 Å². The fourth-order valence-corrected chi connectivity index (χ4v) is 2.75. The molecule has 0 N–H and O–H groups in total. The van der Waals surface area contributed by atoms with Gasteiger partial charge in [-0.1, -0.05) is 0 Å². The lowest BCUT2D eigenvalue weighted by Crippen LogP contribution is -2.08. The number of rotatable bonds is 3. The van der Waals surface area contributed by atoms with Crippen LogP contribution in [0.2, 0.25) is 0 Å². The Labute approximate surface area is 136 Å². The maximum absolute atomic E-state index is 6.04. The molecule has 2 aromatic heterocycles. The van der Waals surface area contributed by atoms with E-state index in [-0.39, 0.29) is 0 Å². The van der Waals surface area contributed by atoms with Crippen LogP contribution in [0.25, 0.3) is 16.9 Å². The summed E-state index contributed by atoms with van der Waals surface area (Å²) in [6.07, 6.45) is 1.77. The number of hydrogen-bond acceptors (Lipinski definition) is 3. The molecule has 2 heterocycles. The van der Waals surface area contributed by atoms with E-state index in [4.69, 9.17) is 11.6 Å². The molecule has 0 aliphatic carbocycles. The number of alkyl halides is 1. The topological polar surface area (TPSA) is 34.0 Å². The molecule has 3 rings (SSSR count). The number of benzene rings is 1. The predicted octanol–water partition coefficient (Wildman–Crippen LogP) is 3.99. The van der Waals surface area contributed by atoms with E-state index >= 15 is 0 Å². The van der Waals surface area contributed by atoms with Crippen molar-refractivity contribution in [2.24, 2.45) is 0 Å². The average Bonchev–Trinajstić information content (AvgIpc) is 2.84. The molecular weight excluding hydrogens is 352 g/mol. The van der Waals surface area contributed by atoms with Crippen LogP contribution in [0.1, 0.15) is 5.82 Å². The van der Waals surface area contributed by atoms with Gasteiger partial charge in [0.1, 0.15) is 11.3 Å². The molecule has 0 spiro atoms. The van der Waals surface area contributed by atoms with Crippen LogP contribution in [0.3, 0.4) is 0 Å². The quantitative estimate of drug-likeness (QED) is 0.658. The Hall–Kier alpha value is -1.59. The highest BCUT2D eigenvalue weighted by molar-refractivity contribution is 9.10. The third-order valence-corrected chi connectivity index (χ3v) is 3.95. The zero-order chi connectivity index (χ0) is 15.0. The Bertz CT molecular complexity index is 780. The SMILES string of the molecule is CN(C)c1ccc(-n2c(CCl)nc3cc(Br)cnc32)cc1. The molecule has 0 aliphatic heterocycles. The number of hydrogen-bond donors (Lipinski definition) is 0. The first-order chi connectivity index (χ1) is 10.1. The van der Waals surface area contributed by atoms with Crippen molar-refractivity contribution in [3.63, 3.8) is 0 Å². The number of anilines is 1. The van der Waals surface area contributed by atoms with Crippen molar-refractivity contribution in [3.8, 4) is 5.69 Å². The van der Waals surface area contributed by atoms with E-state index in [1.54, 1.807) is 6.20 Å². The number of fused-ring (bicyclic) bond motifs is 1. The van der Waals surface area contributed by atoms with Crippen LogP contribution in [0.15, 0.2) is 41.0 Å². The lowest BCUT2D eigenvalue weighted by Gasteiger charge is -2.13. The molecule has 0 unspecified atom stereocenters. The van der Waals surface area contributed by atoms with Crippen molar-refractivity contribution in [1.82, 2.24) is 14.5 Å². The molecular formula is C15H14BrClN4. The smallest absolute Gasteiger partial charge is 0.164 e. The predicted molar refractivity (Wildman–Crippen MR) is 90.4 cm³/mol. The molecule has 0 bridgehead atoms. The van der Waals surface area contributed by atoms with Gasteiger partial charge in [-0.3, -0.25) is 4.57 Å². The summed E-state index contributed by atoms with van der Waals surface area (Å²) in [5, 5.41) is 0. The molecule has 4 nitrogen and oxygen atoms in total. The van der Waals surface area contributed by atoms with Crippen molar-refractivity contribution in [2.75, 3.05) is 19.0 Å². The second-order valence-electron chi connectivity index (χ2n) is 4.90. The molecule has 1 aromatic carbocycles. The number of aromatic nitrogens is 3. The van der Waals surface area contributed by atoms with E-state index in [0.29, 0.717) is 5.88 Å². The molecule has 6 heteroatoms. The lowest BCUT2D eigenvalue weighted by atomic mass is 10.2. The molecule has 0 atom stereocenters. The highest BCUT2D eigenvalue weighted by Crippen LogP contribution is 2.24. The zero-order valence-corrected chi connectivity index (χ0v) is 14.1. The second kappa shape index (κ2) is 5.66. The van der Waals surface area contributed by atoms with Crippen molar-refractivity contribution >= 4 is 44.4 Å². The lowest BCUT2D eigenvalue weighted by molar-refractivity contribution is 0.968. The third kappa shape index (κ3) is 2.63. The van der Waals surface area contributed by atoms with Crippen LogP contribution < -0.4 is 4.90 Å². The van der Waals surface area contributed by atoms with E-state index in [2.05, 4.69) is 55.1 Å². The van der Waals surface area contributed by atoms with E-state index in [1.807, 2.05) is 24.7 Å². The van der Waals surface area contributed by atoms with Gasteiger partial charge in [0.05, 0.1) is 5.88 Å². The number of imidazole rings is 1. The van der Waals surface area contributed by atoms with Gasteiger partial charge >= 0.3 is 0 Å². The van der Waals surface area contributed by atoms with Crippen LogP contribution in [0, 0.1) is 0 Å². The minimum atomic E-state index is 0.337. The molecule has 0 saturated carbocycles. The van der Waals surface area contributed by atoms with Gasteiger partial charge < -0.3 is 4.90 Å². The number of nitrogens with zero attached hydrogens (tertiary/aromatic N) is 4. The second-order valence-corrected chi connectivity index (χ2v) is 6.09. The van der Waals surface area contributed by atoms with Gasteiger partial charge in [-0.2, -0.15) is 0 Å². The standard InChI is InChI=1S/C15H14BrClN4/c1-20(2)11-3-5-12(6-4-11)21-14(8-17)19-13-7-10(16)9-18-15(13)21/h3-7,9H,8H2,1-2H3. The van der Waals surface area contributed by atoms with Crippen LogP contribution in [-0.4, -0.2) is 28.6 Å². The van der Waals surface area contributed by atoms with E-state index in [1.165, 1.54) is 0 Å². The van der Waals surface area contributed by atoms with Crippen LogP contribution in [0.5, 0.6) is 0 Å². The third-order valence-electron chi connectivity index (χ3n) is 3.28. The first-order valence-electron chi connectivity index (χ1n) is 6.47. The zero-order valence-electron chi connectivity index (χ0n) is 11.7. The Morgan fingerprint density at radius 2 is 1.95 bits per heavy atom. The van der Waals surface area contributed by atoms with Gasteiger partial charge in [0, 0.05) is 36.1 Å². The Kier molecular flexibility index (Phi) is 3.87. The summed E-state index contributed by atoms with van der Waals surface area (Å²) in [4.78, 5) is 11.1. The fourth-order valence-electron chi connectivity index (χ4n) is 2.25. The van der Waals surface area contributed by atoms with Crippen LogP contribution in [-0.2, 0) is 5.88 Å². The number of halogens is 2. The summed E-state index contributed by atoms with van der Waals surface area (Å²) in [5.41, 5.74) is 3.79. The van der Waals surface area contributed by atoms with Crippen molar-refractivity contribution in [2.45, 2.75) is 5.88 Å². The molecule has 108 valence electrons. The molecule has 3 aromatic rings. The minimum absolute atomic E-state index is 0.337. The molecule has 0 fully saturated rings. The van der Waals surface area contributed by atoms with Crippen molar-refractivity contribution < 1.29 is 0 Å². The number of pyridine rings is 1. The highest BCUT2D eigenvalue weighted by Gasteiger charge is 2.13. The summed E-state index contributed by atoms with van der Waals surface area (Å²) >= 11 is 9.46. The van der Waals surface area contributed by atoms with Gasteiger partial charge in [0.15, 0.2) is 5.65 Å². The van der Waals surface area contributed by atoms with Gasteiger partial charge in [-0.25, -0.2) is 9.97 Å². The Balaban J connectivity index is 2.18. The van der Waals surface area contributed by atoms with E-state index in [0.717, 1.165) is 32.8 Å². The van der Waals surface area contributed by atoms with Crippen molar-refractivity contribution in [1.29, 1.82) is 0 Å². The molecule has 0 aliphatic rings. The van der Waals surface area contributed by atoms with E-state index in [9.17, 15) is 0 Å². The first-order valence-corrected chi connectivity index (χ1v) is 7.79. The monoisotopic (exact) mass is 364 g/mol. The first kappa shape index (κ1) is 14.4.